The Balaban J connectivity index is 2.03. The van der Waals surface area contributed by atoms with Crippen molar-refractivity contribution < 1.29 is 18.1 Å². The molecule has 2 rings (SSSR count). The quantitative estimate of drug-likeness (QED) is 0.475. The Morgan fingerprint density at radius 3 is 2.42 bits per heavy atom. The van der Waals surface area contributed by atoms with Crippen LogP contribution in [0.5, 0.6) is 0 Å². The molecule has 0 aliphatic heterocycles. The molecule has 2 aromatic rings. The highest BCUT2D eigenvalue weighted by Crippen LogP contribution is 2.17. The minimum atomic E-state index is -3.26. The fourth-order valence-corrected chi connectivity index (χ4v) is 2.89. The molecule has 0 heterocycles. The first-order valence-corrected chi connectivity index (χ1v) is 9.59. The molecular weight excluding hydrogens is 356 g/mol. The van der Waals surface area contributed by atoms with Crippen molar-refractivity contribution >= 4 is 27.5 Å². The number of hydrogen-bond donors (Lipinski definition) is 1. The van der Waals surface area contributed by atoms with E-state index in [2.05, 4.69) is 5.32 Å². The van der Waals surface area contributed by atoms with E-state index in [-0.39, 0.29) is 22.5 Å². The monoisotopic (exact) mass is 374 g/mol. The normalized spacial score (nSPS) is 12.7. The Bertz CT molecular complexity index is 950. The number of carbonyl (C=O) groups is 1. The standard InChI is InChI=1S/C18H18N2O5S/c1-13(15-7-9-17(10-8-15)26(2,24)25)19-18(21)11-6-14-4-3-5-16(12-14)20(22)23/h3-13H,1-2H3,(H,19,21)/b11-6+. The highest BCUT2D eigenvalue weighted by Gasteiger charge is 2.11. The van der Waals surface area contributed by atoms with Gasteiger partial charge in [-0.15, -0.1) is 0 Å². The summed E-state index contributed by atoms with van der Waals surface area (Å²) in [7, 11) is -3.26. The number of nitrogens with one attached hydrogen (secondary N) is 1. The number of benzene rings is 2. The SMILES string of the molecule is CC(NC(=O)/C=C/c1cccc([N+](=O)[O-])c1)c1ccc(S(C)(=O)=O)cc1. The van der Waals surface area contributed by atoms with E-state index in [0.29, 0.717) is 5.56 Å². The molecule has 0 bridgehead atoms. The molecule has 0 aliphatic rings. The van der Waals surface area contributed by atoms with Gasteiger partial charge >= 0.3 is 0 Å². The molecule has 1 N–H and O–H groups in total. The molecule has 1 unspecified atom stereocenters. The zero-order valence-corrected chi connectivity index (χ0v) is 15.1. The topological polar surface area (TPSA) is 106 Å². The van der Waals surface area contributed by atoms with Crippen molar-refractivity contribution in [1.29, 1.82) is 0 Å². The van der Waals surface area contributed by atoms with E-state index in [1.165, 1.54) is 36.4 Å². The first-order valence-electron chi connectivity index (χ1n) is 7.70. The van der Waals surface area contributed by atoms with E-state index in [0.717, 1.165) is 11.8 Å². The van der Waals surface area contributed by atoms with Gasteiger partial charge in [0.2, 0.25) is 5.91 Å². The third kappa shape index (κ3) is 5.25. The number of non-ortho nitro benzene ring substituents is 1. The van der Waals surface area contributed by atoms with Crippen molar-refractivity contribution in [1.82, 2.24) is 5.32 Å². The first kappa shape index (κ1) is 19.3. The molecule has 7 nitrogen and oxygen atoms in total. The molecule has 0 saturated carbocycles. The van der Waals surface area contributed by atoms with Gasteiger partial charge in [-0.05, 0) is 36.3 Å². The Kier molecular flexibility index (Phi) is 5.89. The summed E-state index contributed by atoms with van der Waals surface area (Å²) in [6.07, 6.45) is 3.91. The van der Waals surface area contributed by atoms with Crippen LogP contribution in [0.15, 0.2) is 59.5 Å². The van der Waals surface area contributed by atoms with Gasteiger partial charge in [-0.2, -0.15) is 0 Å². The average Bonchev–Trinajstić information content (AvgIpc) is 2.59. The van der Waals surface area contributed by atoms with Crippen LogP contribution in [0.2, 0.25) is 0 Å². The van der Waals surface area contributed by atoms with E-state index < -0.39 is 14.8 Å². The maximum absolute atomic E-state index is 12.0. The summed E-state index contributed by atoms with van der Waals surface area (Å²) in [5, 5.41) is 13.5. The Hall–Kier alpha value is -3.00. The van der Waals surface area contributed by atoms with E-state index in [1.54, 1.807) is 31.2 Å². The zero-order chi connectivity index (χ0) is 19.3. The maximum atomic E-state index is 12.0. The van der Waals surface area contributed by atoms with Crippen LogP contribution in [0.1, 0.15) is 24.1 Å². The average molecular weight is 374 g/mol. The van der Waals surface area contributed by atoms with Gasteiger partial charge in [-0.25, -0.2) is 8.42 Å². The summed E-state index contributed by atoms with van der Waals surface area (Å²) >= 11 is 0. The van der Waals surface area contributed by atoms with Crippen LogP contribution in [0, 0.1) is 10.1 Å². The van der Waals surface area contributed by atoms with Crippen molar-refractivity contribution in [2.75, 3.05) is 6.26 Å². The summed E-state index contributed by atoms with van der Waals surface area (Å²) in [5.74, 6) is -0.365. The molecule has 0 aliphatic carbocycles. The lowest BCUT2D eigenvalue weighted by Crippen LogP contribution is -2.24. The number of hydrogen-bond acceptors (Lipinski definition) is 5. The smallest absolute Gasteiger partial charge is 0.270 e. The Labute approximate surface area is 151 Å². The van der Waals surface area contributed by atoms with Gasteiger partial charge in [0.1, 0.15) is 0 Å². The van der Waals surface area contributed by atoms with E-state index >= 15 is 0 Å². The molecule has 1 atom stereocenters. The van der Waals surface area contributed by atoms with Gasteiger partial charge in [0, 0.05) is 24.5 Å². The van der Waals surface area contributed by atoms with Gasteiger partial charge in [0.15, 0.2) is 9.84 Å². The summed E-state index contributed by atoms with van der Waals surface area (Å²) < 4.78 is 22.9. The second kappa shape index (κ2) is 7.92. The number of amides is 1. The van der Waals surface area contributed by atoms with Crippen LogP contribution in [0.25, 0.3) is 6.08 Å². The van der Waals surface area contributed by atoms with Gasteiger partial charge in [0.05, 0.1) is 15.9 Å². The fourth-order valence-electron chi connectivity index (χ4n) is 2.26. The number of nitrogens with zero attached hydrogens (tertiary/aromatic N) is 1. The summed E-state index contributed by atoms with van der Waals surface area (Å²) in [4.78, 5) is 22.5. The first-order chi connectivity index (χ1) is 12.2. The Morgan fingerprint density at radius 2 is 1.85 bits per heavy atom. The van der Waals surface area contributed by atoms with Crippen molar-refractivity contribution in [2.24, 2.45) is 0 Å². The minimum Gasteiger partial charge on any atom is -0.346 e. The van der Waals surface area contributed by atoms with Gasteiger partial charge in [0.25, 0.3) is 5.69 Å². The number of nitro benzene ring substituents is 1. The summed E-state index contributed by atoms with van der Waals surface area (Å²) in [6.45, 7) is 1.77. The lowest BCUT2D eigenvalue weighted by Gasteiger charge is -2.13. The predicted molar refractivity (Wildman–Crippen MR) is 98.2 cm³/mol. The van der Waals surface area contributed by atoms with Crippen LogP contribution in [-0.4, -0.2) is 25.5 Å². The van der Waals surface area contributed by atoms with Crippen molar-refractivity contribution in [3.8, 4) is 0 Å². The molecule has 0 fully saturated rings. The van der Waals surface area contributed by atoms with Crippen LogP contribution >= 0.6 is 0 Å². The Morgan fingerprint density at radius 1 is 1.19 bits per heavy atom. The lowest BCUT2D eigenvalue weighted by atomic mass is 10.1. The molecule has 2 aromatic carbocycles. The molecule has 0 spiro atoms. The largest absolute Gasteiger partial charge is 0.346 e. The number of sulfone groups is 1. The predicted octanol–water partition coefficient (Wildman–Crippen LogP) is 2.89. The van der Waals surface area contributed by atoms with E-state index in [1.807, 2.05) is 0 Å². The molecule has 8 heteroatoms. The fraction of sp³-hybridized carbons (Fsp3) is 0.167. The highest BCUT2D eigenvalue weighted by molar-refractivity contribution is 7.90. The van der Waals surface area contributed by atoms with Crippen molar-refractivity contribution in [2.45, 2.75) is 17.9 Å². The second-order valence-corrected chi connectivity index (χ2v) is 7.77. The van der Waals surface area contributed by atoms with Gasteiger partial charge in [-0.3, -0.25) is 14.9 Å². The van der Waals surface area contributed by atoms with E-state index in [9.17, 15) is 23.3 Å². The molecule has 1 amide bonds. The molecule has 0 radical (unpaired) electrons. The number of nitro groups is 1. The third-order valence-corrected chi connectivity index (χ3v) is 4.80. The van der Waals surface area contributed by atoms with Gasteiger partial charge in [-0.1, -0.05) is 24.3 Å². The molecular formula is C18H18N2O5S. The highest BCUT2D eigenvalue weighted by atomic mass is 32.2. The van der Waals surface area contributed by atoms with Crippen LogP contribution < -0.4 is 5.32 Å². The molecule has 0 saturated heterocycles. The van der Waals surface area contributed by atoms with E-state index in [4.69, 9.17) is 0 Å². The molecule has 0 aromatic heterocycles. The number of carbonyl (C=O) groups excluding carboxylic acids is 1. The van der Waals surface area contributed by atoms with Crippen molar-refractivity contribution in [3.63, 3.8) is 0 Å². The minimum absolute atomic E-state index is 0.0492. The summed E-state index contributed by atoms with van der Waals surface area (Å²) in [6, 6.07) is 11.9. The zero-order valence-electron chi connectivity index (χ0n) is 14.2. The second-order valence-electron chi connectivity index (χ2n) is 5.76. The van der Waals surface area contributed by atoms with Gasteiger partial charge < -0.3 is 5.32 Å². The summed E-state index contributed by atoms with van der Waals surface area (Å²) in [5.41, 5.74) is 1.25. The van der Waals surface area contributed by atoms with Crippen LogP contribution in [0.3, 0.4) is 0 Å². The lowest BCUT2D eigenvalue weighted by molar-refractivity contribution is -0.384. The van der Waals surface area contributed by atoms with Crippen molar-refractivity contribution in [3.05, 3.63) is 75.8 Å². The molecule has 26 heavy (non-hydrogen) atoms. The van der Waals surface area contributed by atoms with Crippen LogP contribution in [-0.2, 0) is 14.6 Å². The molecule has 136 valence electrons. The number of rotatable bonds is 6. The third-order valence-electron chi connectivity index (χ3n) is 3.68. The van der Waals surface area contributed by atoms with Crippen LogP contribution in [0.4, 0.5) is 5.69 Å². The maximum Gasteiger partial charge on any atom is 0.270 e.